The Morgan fingerprint density at radius 3 is 1.76 bits per heavy atom. The van der Waals surface area contributed by atoms with Crippen LogP contribution in [0.15, 0.2) is 5.16 Å². The van der Waals surface area contributed by atoms with Crippen molar-refractivity contribution in [1.29, 1.82) is 0 Å². The minimum Gasteiger partial charge on any atom is -0.387 e. The van der Waals surface area contributed by atoms with Gasteiger partial charge in [-0.05, 0) is 46.7 Å². The van der Waals surface area contributed by atoms with Gasteiger partial charge in [0.25, 0.3) is 5.96 Å². The van der Waals surface area contributed by atoms with Crippen LogP contribution in [-0.2, 0) is 19.7 Å². The molecule has 0 rings (SSSR count). The molecule has 2 N–H and O–H groups in total. The Morgan fingerprint density at radius 1 is 1.05 bits per heavy atom. The van der Waals surface area contributed by atoms with Crippen LogP contribution in [0.5, 0.6) is 0 Å². The van der Waals surface area contributed by atoms with Crippen LogP contribution >= 0.6 is 0 Å². The fraction of sp³-hybridized carbons (Fsp3) is 0.900. The third-order valence-corrected chi connectivity index (χ3v) is 2.75. The van der Waals surface area contributed by atoms with E-state index in [-0.39, 0.29) is 0 Å². The van der Waals surface area contributed by atoms with Crippen LogP contribution in [0.1, 0.15) is 41.5 Å². The molecule has 0 aliphatic carbocycles. The van der Waals surface area contributed by atoms with Gasteiger partial charge in [-0.15, -0.1) is 0 Å². The van der Waals surface area contributed by atoms with Crippen molar-refractivity contribution >= 4 is 16.0 Å². The van der Waals surface area contributed by atoms with Gasteiger partial charge in [0.1, 0.15) is 5.60 Å². The highest BCUT2D eigenvalue weighted by Crippen LogP contribution is 2.29. The molecule has 0 saturated carbocycles. The Kier molecular flexibility index (Phi) is 5.53. The smallest absolute Gasteiger partial charge is 0.387 e. The van der Waals surface area contributed by atoms with Crippen molar-refractivity contribution in [3.63, 3.8) is 0 Å². The lowest BCUT2D eigenvalue weighted by molar-refractivity contribution is -0.145. The number of alkyl halides is 3. The molecule has 0 unspecified atom stereocenters. The van der Waals surface area contributed by atoms with Crippen LogP contribution in [0.2, 0.25) is 0 Å². The van der Waals surface area contributed by atoms with Crippen LogP contribution in [0.3, 0.4) is 0 Å². The van der Waals surface area contributed by atoms with Crippen molar-refractivity contribution in [3.8, 4) is 0 Å². The molecule has 0 heterocycles. The van der Waals surface area contributed by atoms with Crippen LogP contribution < -0.4 is 5.73 Å². The number of guanidine groups is 1. The Balaban J connectivity index is 5.66. The van der Waals surface area contributed by atoms with Gasteiger partial charge >= 0.3 is 15.5 Å². The fourth-order valence-corrected chi connectivity index (χ4v) is 1.57. The molecule has 0 fully saturated rings. The first kappa shape index (κ1) is 19.8. The van der Waals surface area contributed by atoms with E-state index >= 15 is 0 Å². The van der Waals surface area contributed by atoms with E-state index in [2.05, 4.69) is 5.16 Å². The molecule has 0 spiro atoms. The quantitative estimate of drug-likeness (QED) is 0.483. The molecule has 0 aliphatic rings. The maximum atomic E-state index is 12.6. The molecule has 11 heteroatoms. The van der Waals surface area contributed by atoms with Gasteiger partial charge in [0.2, 0.25) is 0 Å². The summed E-state index contributed by atoms with van der Waals surface area (Å²) >= 11 is 0. The number of nitrogens with two attached hydrogens (primary N) is 1. The molecular formula is C10H20F3N3O4S. The number of rotatable bonds is 3. The summed E-state index contributed by atoms with van der Waals surface area (Å²) in [6, 6.07) is 0. The number of sulfonamides is 1. The first-order valence-corrected chi connectivity index (χ1v) is 7.24. The van der Waals surface area contributed by atoms with Gasteiger partial charge in [0.15, 0.2) is 0 Å². The molecule has 0 aromatic rings. The molecule has 0 aromatic carbocycles. The third kappa shape index (κ3) is 6.38. The second-order valence-corrected chi connectivity index (χ2v) is 7.78. The van der Waals surface area contributed by atoms with E-state index in [0.29, 0.717) is 0 Å². The minimum absolute atomic E-state index is 0.487. The minimum atomic E-state index is -5.86. The summed E-state index contributed by atoms with van der Waals surface area (Å²) < 4.78 is 60.3. The molecule has 7 nitrogen and oxygen atoms in total. The highest BCUT2D eigenvalue weighted by atomic mass is 32.2. The van der Waals surface area contributed by atoms with E-state index in [4.69, 9.17) is 15.4 Å². The fourth-order valence-electron chi connectivity index (χ4n) is 0.779. The Morgan fingerprint density at radius 2 is 1.48 bits per heavy atom. The van der Waals surface area contributed by atoms with Gasteiger partial charge in [-0.2, -0.15) is 21.6 Å². The largest absolute Gasteiger partial charge is 0.519 e. The molecule has 0 bridgehead atoms. The highest BCUT2D eigenvalue weighted by molar-refractivity contribution is 7.90. The zero-order chi connectivity index (χ0) is 17.3. The van der Waals surface area contributed by atoms with E-state index in [1.54, 1.807) is 20.8 Å². The SMILES string of the molecule is CC(C)(C)ON=C(N)N(OC(C)(C)C)S(=O)(=O)C(F)(F)F. The highest BCUT2D eigenvalue weighted by Gasteiger charge is 2.53. The summed E-state index contributed by atoms with van der Waals surface area (Å²) in [5.41, 5.74) is -2.47. The number of hydrogen-bond donors (Lipinski definition) is 1. The molecular weight excluding hydrogens is 315 g/mol. The first-order chi connectivity index (χ1) is 8.97. The Bertz CT molecular complexity index is 489. The maximum absolute atomic E-state index is 12.6. The van der Waals surface area contributed by atoms with Crippen LogP contribution in [0, 0.1) is 0 Å². The number of hydroxylamine groups is 1. The van der Waals surface area contributed by atoms with Crippen molar-refractivity contribution in [2.75, 3.05) is 0 Å². The van der Waals surface area contributed by atoms with Crippen molar-refractivity contribution in [1.82, 2.24) is 4.47 Å². The lowest BCUT2D eigenvalue weighted by atomic mass is 10.2. The molecule has 0 atom stereocenters. The van der Waals surface area contributed by atoms with Gasteiger partial charge in [-0.1, -0.05) is 4.47 Å². The lowest BCUT2D eigenvalue weighted by Crippen LogP contribution is -2.50. The van der Waals surface area contributed by atoms with E-state index in [1.165, 1.54) is 20.8 Å². The third-order valence-electron chi connectivity index (χ3n) is 1.47. The first-order valence-electron chi connectivity index (χ1n) is 5.80. The molecule has 0 aromatic heterocycles. The maximum Gasteiger partial charge on any atom is 0.519 e. The predicted molar refractivity (Wildman–Crippen MR) is 70.1 cm³/mol. The zero-order valence-electron chi connectivity index (χ0n) is 12.6. The number of halogens is 3. The van der Waals surface area contributed by atoms with E-state index in [9.17, 15) is 21.6 Å². The van der Waals surface area contributed by atoms with Crippen LogP contribution in [0.4, 0.5) is 13.2 Å². The second-order valence-electron chi connectivity index (χ2n) is 6.03. The second kappa shape index (κ2) is 5.87. The van der Waals surface area contributed by atoms with Crippen LogP contribution in [0.25, 0.3) is 0 Å². The summed E-state index contributed by atoms with van der Waals surface area (Å²) in [4.78, 5) is 9.55. The van der Waals surface area contributed by atoms with E-state index in [1.807, 2.05) is 0 Å². The summed E-state index contributed by atoms with van der Waals surface area (Å²) in [5, 5.41) is 3.18. The number of nitrogens with zero attached hydrogens (tertiary/aromatic N) is 2. The van der Waals surface area contributed by atoms with Crippen molar-refractivity contribution < 1.29 is 31.3 Å². The summed E-state index contributed by atoms with van der Waals surface area (Å²) in [5.74, 6) is -1.09. The summed E-state index contributed by atoms with van der Waals surface area (Å²) in [6.45, 7) is 8.71. The monoisotopic (exact) mass is 335 g/mol. The van der Waals surface area contributed by atoms with Crippen LogP contribution in [-0.4, -0.2) is 35.6 Å². The normalized spacial score (nSPS) is 15.0. The molecule has 0 radical (unpaired) electrons. The molecule has 0 amide bonds. The van der Waals surface area contributed by atoms with Gasteiger partial charge < -0.3 is 10.6 Å². The molecule has 126 valence electrons. The standard InChI is InChI=1S/C10H20F3N3O4S/c1-8(2,3)19-15-7(14)16(20-9(4,5)6)21(17,18)10(11,12)13/h1-6H3,(H2,14,15). The van der Waals surface area contributed by atoms with Gasteiger partial charge in [0, 0.05) is 0 Å². The topological polar surface area (TPSA) is 94.2 Å². The predicted octanol–water partition coefficient (Wildman–Crippen LogP) is 1.91. The molecule has 21 heavy (non-hydrogen) atoms. The Labute approximate surface area is 121 Å². The molecule has 0 aliphatic heterocycles. The lowest BCUT2D eigenvalue weighted by Gasteiger charge is -2.29. The number of hydrogen-bond acceptors (Lipinski definition) is 5. The van der Waals surface area contributed by atoms with Gasteiger partial charge in [-0.3, -0.25) is 4.84 Å². The Hall–Kier alpha value is -1.23. The van der Waals surface area contributed by atoms with E-state index in [0.717, 1.165) is 0 Å². The number of oxime groups is 1. The van der Waals surface area contributed by atoms with Gasteiger partial charge in [-0.25, -0.2) is 0 Å². The molecule has 0 saturated heterocycles. The average molecular weight is 335 g/mol. The van der Waals surface area contributed by atoms with Gasteiger partial charge in [0.05, 0.1) is 5.60 Å². The van der Waals surface area contributed by atoms with Crippen molar-refractivity contribution in [3.05, 3.63) is 0 Å². The van der Waals surface area contributed by atoms with Crippen molar-refractivity contribution in [2.45, 2.75) is 58.3 Å². The summed E-state index contributed by atoms with van der Waals surface area (Å²) in [7, 11) is -5.86. The average Bonchev–Trinajstić information content (AvgIpc) is 2.18. The zero-order valence-corrected chi connectivity index (χ0v) is 13.5. The summed E-state index contributed by atoms with van der Waals surface area (Å²) in [6.07, 6.45) is 0. The van der Waals surface area contributed by atoms with Crippen molar-refractivity contribution in [2.24, 2.45) is 10.9 Å². The van der Waals surface area contributed by atoms with E-state index < -0.39 is 37.2 Å².